The second-order valence-corrected chi connectivity index (χ2v) is 5.79. The molecule has 0 bridgehead atoms. The standard InChI is InChI=1S/C19H18ClN3O/c1-2-23-18(17(20)12-22-23)13-21-19(24)16-10-8-15(9-11-16)14-6-4-3-5-7-14/h3-12H,2,13H2,1H3,(H,21,24). The van der Waals surface area contributed by atoms with Crippen LogP contribution in [-0.4, -0.2) is 15.7 Å². The van der Waals surface area contributed by atoms with Gasteiger partial charge in [0, 0.05) is 12.1 Å². The Bertz CT molecular complexity index is 826. The van der Waals surface area contributed by atoms with Crippen LogP contribution in [0, 0.1) is 0 Å². The Morgan fingerprint density at radius 1 is 1.08 bits per heavy atom. The van der Waals surface area contributed by atoms with Gasteiger partial charge in [-0.1, -0.05) is 54.1 Å². The predicted octanol–water partition coefficient (Wildman–Crippen LogP) is 4.15. The molecule has 0 radical (unpaired) electrons. The molecular weight excluding hydrogens is 322 g/mol. The number of benzene rings is 2. The maximum atomic E-state index is 12.3. The molecule has 0 fully saturated rings. The molecule has 0 aliphatic rings. The van der Waals surface area contributed by atoms with Crippen LogP contribution in [0.1, 0.15) is 23.0 Å². The van der Waals surface area contributed by atoms with E-state index >= 15 is 0 Å². The minimum atomic E-state index is -0.130. The summed E-state index contributed by atoms with van der Waals surface area (Å²) in [6.45, 7) is 3.05. The third kappa shape index (κ3) is 3.49. The van der Waals surface area contributed by atoms with Crippen LogP contribution in [0.4, 0.5) is 0 Å². The molecule has 0 aliphatic heterocycles. The van der Waals surface area contributed by atoms with Gasteiger partial charge in [-0.25, -0.2) is 0 Å². The van der Waals surface area contributed by atoms with E-state index in [1.165, 1.54) is 0 Å². The largest absolute Gasteiger partial charge is 0.346 e. The van der Waals surface area contributed by atoms with Gasteiger partial charge in [0.05, 0.1) is 23.5 Å². The Morgan fingerprint density at radius 2 is 1.75 bits per heavy atom. The third-order valence-electron chi connectivity index (χ3n) is 3.87. The van der Waals surface area contributed by atoms with Crippen molar-refractivity contribution in [3.05, 3.63) is 77.1 Å². The minimum absolute atomic E-state index is 0.130. The highest BCUT2D eigenvalue weighted by Gasteiger charge is 2.11. The van der Waals surface area contributed by atoms with Gasteiger partial charge < -0.3 is 5.32 Å². The second kappa shape index (κ2) is 7.32. The molecule has 1 heterocycles. The highest BCUT2D eigenvalue weighted by Crippen LogP contribution is 2.19. The lowest BCUT2D eigenvalue weighted by atomic mass is 10.0. The summed E-state index contributed by atoms with van der Waals surface area (Å²) in [6, 6.07) is 17.6. The van der Waals surface area contributed by atoms with Crippen molar-refractivity contribution in [3.8, 4) is 11.1 Å². The number of halogens is 1. The van der Waals surface area contributed by atoms with Crippen molar-refractivity contribution < 1.29 is 4.79 Å². The van der Waals surface area contributed by atoms with Gasteiger partial charge in [-0.05, 0) is 30.2 Å². The molecular formula is C19H18ClN3O. The first-order valence-electron chi connectivity index (χ1n) is 7.83. The molecule has 0 saturated heterocycles. The number of carbonyl (C=O) groups excluding carboxylic acids is 1. The van der Waals surface area contributed by atoms with Crippen LogP contribution >= 0.6 is 11.6 Å². The first-order valence-corrected chi connectivity index (χ1v) is 8.20. The maximum absolute atomic E-state index is 12.3. The zero-order valence-electron chi connectivity index (χ0n) is 13.4. The van der Waals surface area contributed by atoms with E-state index in [9.17, 15) is 4.79 Å². The number of rotatable bonds is 5. The van der Waals surface area contributed by atoms with E-state index in [2.05, 4.69) is 10.4 Å². The van der Waals surface area contributed by atoms with E-state index in [1.54, 1.807) is 10.9 Å². The molecule has 3 rings (SSSR count). The fourth-order valence-corrected chi connectivity index (χ4v) is 2.75. The van der Waals surface area contributed by atoms with Crippen LogP contribution in [0.3, 0.4) is 0 Å². The average Bonchev–Trinajstić information content (AvgIpc) is 3.00. The van der Waals surface area contributed by atoms with Crippen LogP contribution < -0.4 is 5.32 Å². The van der Waals surface area contributed by atoms with E-state index in [0.717, 1.165) is 16.8 Å². The van der Waals surface area contributed by atoms with Gasteiger partial charge in [0.25, 0.3) is 5.91 Å². The van der Waals surface area contributed by atoms with Crippen molar-refractivity contribution in [1.29, 1.82) is 0 Å². The lowest BCUT2D eigenvalue weighted by molar-refractivity contribution is 0.0950. The molecule has 0 aliphatic carbocycles. The Labute approximate surface area is 146 Å². The fourth-order valence-electron chi connectivity index (χ4n) is 2.55. The summed E-state index contributed by atoms with van der Waals surface area (Å²) in [5, 5.41) is 7.62. The van der Waals surface area contributed by atoms with Crippen molar-refractivity contribution in [2.75, 3.05) is 0 Å². The van der Waals surface area contributed by atoms with Crippen molar-refractivity contribution in [2.45, 2.75) is 20.0 Å². The molecule has 1 N–H and O–H groups in total. The molecule has 3 aromatic rings. The van der Waals surface area contributed by atoms with Gasteiger partial charge >= 0.3 is 0 Å². The van der Waals surface area contributed by atoms with Gasteiger partial charge in [-0.15, -0.1) is 0 Å². The lowest BCUT2D eigenvalue weighted by Gasteiger charge is -2.08. The summed E-state index contributed by atoms with van der Waals surface area (Å²) in [4.78, 5) is 12.3. The molecule has 1 amide bonds. The molecule has 122 valence electrons. The highest BCUT2D eigenvalue weighted by molar-refractivity contribution is 6.31. The number of nitrogens with one attached hydrogen (secondary N) is 1. The van der Waals surface area contributed by atoms with Crippen LogP contribution in [0.25, 0.3) is 11.1 Å². The normalized spacial score (nSPS) is 10.6. The van der Waals surface area contributed by atoms with Crippen LogP contribution in [0.5, 0.6) is 0 Å². The van der Waals surface area contributed by atoms with Gasteiger partial charge in [0.2, 0.25) is 0 Å². The SMILES string of the molecule is CCn1ncc(Cl)c1CNC(=O)c1ccc(-c2ccccc2)cc1. The van der Waals surface area contributed by atoms with Gasteiger partial charge in [0.15, 0.2) is 0 Å². The van der Waals surface area contributed by atoms with Gasteiger partial charge in [0.1, 0.15) is 0 Å². The monoisotopic (exact) mass is 339 g/mol. The number of hydrogen-bond donors (Lipinski definition) is 1. The van der Waals surface area contributed by atoms with E-state index in [-0.39, 0.29) is 5.91 Å². The first kappa shape index (κ1) is 16.3. The smallest absolute Gasteiger partial charge is 0.251 e. The van der Waals surface area contributed by atoms with Crippen molar-refractivity contribution in [3.63, 3.8) is 0 Å². The first-order chi connectivity index (χ1) is 11.7. The summed E-state index contributed by atoms with van der Waals surface area (Å²) >= 11 is 6.11. The Balaban J connectivity index is 1.68. The van der Waals surface area contributed by atoms with E-state index in [4.69, 9.17) is 11.6 Å². The quantitative estimate of drug-likeness (QED) is 0.759. The zero-order valence-corrected chi connectivity index (χ0v) is 14.1. The molecule has 0 unspecified atom stereocenters. The highest BCUT2D eigenvalue weighted by atomic mass is 35.5. The predicted molar refractivity (Wildman–Crippen MR) is 96.0 cm³/mol. The van der Waals surface area contributed by atoms with E-state index in [0.29, 0.717) is 23.7 Å². The number of nitrogens with zero attached hydrogens (tertiary/aromatic N) is 2. The summed E-state index contributed by atoms with van der Waals surface area (Å²) in [5.41, 5.74) is 3.64. The number of hydrogen-bond acceptors (Lipinski definition) is 2. The van der Waals surface area contributed by atoms with Crippen molar-refractivity contribution in [2.24, 2.45) is 0 Å². The van der Waals surface area contributed by atoms with E-state index in [1.807, 2.05) is 61.5 Å². The lowest BCUT2D eigenvalue weighted by Crippen LogP contribution is -2.24. The molecule has 2 aromatic carbocycles. The molecule has 24 heavy (non-hydrogen) atoms. The summed E-state index contributed by atoms with van der Waals surface area (Å²) in [7, 11) is 0. The molecule has 0 atom stereocenters. The van der Waals surface area contributed by atoms with E-state index < -0.39 is 0 Å². The number of amides is 1. The van der Waals surface area contributed by atoms with Crippen LogP contribution in [-0.2, 0) is 13.1 Å². The molecule has 4 nitrogen and oxygen atoms in total. The van der Waals surface area contributed by atoms with Gasteiger partial charge in [-0.3, -0.25) is 9.48 Å². The average molecular weight is 340 g/mol. The second-order valence-electron chi connectivity index (χ2n) is 5.38. The minimum Gasteiger partial charge on any atom is -0.346 e. The number of aromatic nitrogens is 2. The summed E-state index contributed by atoms with van der Waals surface area (Å²) < 4.78 is 1.78. The van der Waals surface area contributed by atoms with Crippen molar-refractivity contribution >= 4 is 17.5 Å². The zero-order chi connectivity index (χ0) is 16.9. The number of aryl methyl sites for hydroxylation is 1. The molecule has 0 saturated carbocycles. The fraction of sp³-hybridized carbons (Fsp3) is 0.158. The molecule has 5 heteroatoms. The van der Waals surface area contributed by atoms with Crippen LogP contribution in [0.15, 0.2) is 60.8 Å². The number of carbonyl (C=O) groups is 1. The molecule has 1 aromatic heterocycles. The summed E-state index contributed by atoms with van der Waals surface area (Å²) in [6.07, 6.45) is 1.60. The summed E-state index contributed by atoms with van der Waals surface area (Å²) in [5.74, 6) is -0.130. The third-order valence-corrected chi connectivity index (χ3v) is 4.18. The Kier molecular flexibility index (Phi) is 4.96. The molecule has 0 spiro atoms. The van der Waals surface area contributed by atoms with Crippen molar-refractivity contribution in [1.82, 2.24) is 15.1 Å². The maximum Gasteiger partial charge on any atom is 0.251 e. The Hall–Kier alpha value is -2.59. The van der Waals surface area contributed by atoms with Crippen LogP contribution in [0.2, 0.25) is 5.02 Å². The van der Waals surface area contributed by atoms with Gasteiger partial charge in [-0.2, -0.15) is 5.10 Å². The Morgan fingerprint density at radius 3 is 2.42 bits per heavy atom. The topological polar surface area (TPSA) is 46.9 Å².